The van der Waals surface area contributed by atoms with Gasteiger partial charge in [-0.1, -0.05) is 78.7 Å². The fourth-order valence-electron chi connectivity index (χ4n) is 6.13. The van der Waals surface area contributed by atoms with Gasteiger partial charge in [-0.25, -0.2) is 0 Å². The number of carbonyl (C=O) groups excluding carboxylic acids is 3. The lowest BCUT2D eigenvalue weighted by molar-refractivity contribution is -0.131. The topological polar surface area (TPSA) is 97.8 Å². The smallest absolute Gasteiger partial charge is 0.259 e. The normalized spacial score (nSPS) is 11.8. The van der Waals surface area contributed by atoms with Gasteiger partial charge in [0.15, 0.2) is 19.8 Å². The quantitative estimate of drug-likeness (QED) is 0.182. The minimum atomic E-state index is -0.182. The Hall–Kier alpha value is -5.95. The van der Waals surface area contributed by atoms with Crippen LogP contribution in [0.15, 0.2) is 72.8 Å². The molecule has 0 aromatic heterocycles. The summed E-state index contributed by atoms with van der Waals surface area (Å²) in [7, 11) is 10.2. The van der Waals surface area contributed by atoms with Crippen molar-refractivity contribution in [1.29, 1.82) is 0 Å². The first-order chi connectivity index (χ1) is 25.5. The van der Waals surface area contributed by atoms with Gasteiger partial charge < -0.3 is 33.6 Å². The van der Waals surface area contributed by atoms with Crippen molar-refractivity contribution in [1.82, 2.24) is 14.7 Å². The summed E-state index contributed by atoms with van der Waals surface area (Å²) < 4.78 is 25.4. The maximum atomic E-state index is 12.8. The number of ether oxygens (including phenoxy) is 4. The van der Waals surface area contributed by atoms with E-state index in [1.807, 2.05) is 72.8 Å². The van der Waals surface area contributed by atoms with Crippen LogP contribution >= 0.6 is 0 Å². The van der Waals surface area contributed by atoms with Gasteiger partial charge in [0, 0.05) is 68.0 Å². The number of fused-ring (bicyclic) bond motifs is 8. The minimum Gasteiger partial charge on any atom is -0.483 e. The van der Waals surface area contributed by atoms with Crippen molar-refractivity contribution in [3.05, 3.63) is 117 Å². The maximum absolute atomic E-state index is 12.8. The van der Waals surface area contributed by atoms with Crippen molar-refractivity contribution in [3.8, 4) is 35.3 Å². The van der Waals surface area contributed by atoms with E-state index in [9.17, 15) is 14.4 Å². The highest BCUT2D eigenvalue weighted by atomic mass is 16.5. The van der Waals surface area contributed by atoms with Crippen LogP contribution in [-0.4, -0.2) is 101 Å². The monoisotopic (exact) mass is 717 g/mol. The molecule has 0 saturated heterocycles. The third-order valence-corrected chi connectivity index (χ3v) is 9.05. The van der Waals surface area contributed by atoms with Gasteiger partial charge in [0.1, 0.15) is 29.6 Å². The molecule has 0 heterocycles. The third kappa shape index (κ3) is 9.49. The third-order valence-electron chi connectivity index (χ3n) is 9.05. The largest absolute Gasteiger partial charge is 0.483 e. The summed E-state index contributed by atoms with van der Waals surface area (Å²) in [6.07, 6.45) is 7.32. The number of para-hydroxylation sites is 4. The number of nitrogens with zero attached hydrogens (tertiary/aromatic N) is 3. The summed E-state index contributed by atoms with van der Waals surface area (Å²) in [6, 6.07) is 23.8. The summed E-state index contributed by atoms with van der Waals surface area (Å²) >= 11 is 0. The summed E-state index contributed by atoms with van der Waals surface area (Å²) in [5.74, 6) is 4.49. The summed E-state index contributed by atoms with van der Waals surface area (Å²) in [4.78, 5) is 42.9. The van der Waals surface area contributed by atoms with E-state index in [2.05, 4.69) is 5.92 Å². The molecule has 0 spiro atoms. The Balaban J connectivity index is 1.74. The Morgan fingerprint density at radius 1 is 0.472 bits per heavy atom. The van der Waals surface area contributed by atoms with Crippen LogP contribution in [0.5, 0.6) is 23.0 Å². The van der Waals surface area contributed by atoms with Gasteiger partial charge in [-0.3, -0.25) is 14.4 Å². The van der Waals surface area contributed by atoms with Gasteiger partial charge in [-0.15, -0.1) is 6.42 Å². The standard InChI is InChI=1S/C43H47N3O7/c1-8-21-50-40-29-13-9-14-30(40)23-32-16-11-18-34(42(32)52-27-38(48)45(4)5)25-36-20-12-19-35(43(36)53-28-39(49)46(6)7)24-33-17-10-15-31(22-29)41(33)51-26-37(47)44(2)3/h1,9-20H,21-28H2,2-7H3. The minimum absolute atomic E-state index is 0.0687. The molecule has 5 rings (SSSR count). The predicted octanol–water partition coefficient (Wildman–Crippen LogP) is 4.78. The molecule has 0 radical (unpaired) electrons. The number of terminal acetylenes is 1. The van der Waals surface area contributed by atoms with Crippen LogP contribution in [0, 0.1) is 12.3 Å². The van der Waals surface area contributed by atoms with Crippen molar-refractivity contribution >= 4 is 17.7 Å². The lowest BCUT2D eigenvalue weighted by atomic mass is 9.91. The average molecular weight is 718 g/mol. The number of hydrogen-bond donors (Lipinski definition) is 0. The predicted molar refractivity (Wildman–Crippen MR) is 204 cm³/mol. The molecule has 0 unspecified atom stereocenters. The molecule has 0 saturated carbocycles. The molecule has 8 bridgehead atoms. The van der Waals surface area contributed by atoms with E-state index >= 15 is 0 Å². The zero-order valence-electron chi connectivity index (χ0n) is 31.4. The van der Waals surface area contributed by atoms with Crippen molar-refractivity contribution in [3.63, 3.8) is 0 Å². The Bertz CT molecular complexity index is 1900. The SMILES string of the molecule is C#CCOc1c2cccc1Cc1cccc(c1OCC(=O)N(C)C)Cc1cccc(c1OCC(=O)N(C)C)Cc1cccc(c1OCC(=O)N(C)C)C2. The zero-order valence-corrected chi connectivity index (χ0v) is 31.4. The highest BCUT2D eigenvalue weighted by molar-refractivity contribution is 5.78. The van der Waals surface area contributed by atoms with Crippen molar-refractivity contribution in [2.75, 3.05) is 68.7 Å². The van der Waals surface area contributed by atoms with Crippen LogP contribution in [0.2, 0.25) is 0 Å². The van der Waals surface area contributed by atoms with E-state index in [0.717, 1.165) is 44.5 Å². The molecule has 0 atom stereocenters. The average Bonchev–Trinajstić information content (AvgIpc) is 3.12. The fraction of sp³-hybridized carbons (Fsp3) is 0.326. The highest BCUT2D eigenvalue weighted by Crippen LogP contribution is 2.39. The Labute approximate surface area is 312 Å². The van der Waals surface area contributed by atoms with Crippen molar-refractivity contribution in [2.24, 2.45) is 0 Å². The van der Waals surface area contributed by atoms with E-state index in [1.165, 1.54) is 14.7 Å². The van der Waals surface area contributed by atoms with Gasteiger partial charge in [0.2, 0.25) is 0 Å². The van der Waals surface area contributed by atoms with E-state index in [0.29, 0.717) is 48.7 Å². The molecule has 276 valence electrons. The van der Waals surface area contributed by atoms with Crippen LogP contribution < -0.4 is 18.9 Å². The highest BCUT2D eigenvalue weighted by Gasteiger charge is 2.23. The van der Waals surface area contributed by atoms with E-state index in [-0.39, 0.29) is 44.1 Å². The van der Waals surface area contributed by atoms with Gasteiger partial charge in [-0.05, 0) is 44.5 Å². The molecule has 1 aliphatic carbocycles. The number of likely N-dealkylation sites (N-methyl/N-ethyl adjacent to an activating group) is 3. The second kappa shape index (κ2) is 17.5. The maximum Gasteiger partial charge on any atom is 0.259 e. The van der Waals surface area contributed by atoms with Crippen molar-refractivity contribution in [2.45, 2.75) is 25.7 Å². The van der Waals surface area contributed by atoms with Crippen LogP contribution in [-0.2, 0) is 40.1 Å². The Kier molecular flexibility index (Phi) is 12.7. The van der Waals surface area contributed by atoms with Crippen LogP contribution in [0.1, 0.15) is 44.5 Å². The molecule has 1 aliphatic rings. The fourth-order valence-corrected chi connectivity index (χ4v) is 6.13. The molecule has 3 amide bonds. The number of rotatable bonds is 11. The second-order valence-electron chi connectivity index (χ2n) is 13.6. The number of hydrogen-bond acceptors (Lipinski definition) is 7. The number of amides is 3. The van der Waals surface area contributed by atoms with Crippen LogP contribution in [0.3, 0.4) is 0 Å². The van der Waals surface area contributed by atoms with Gasteiger partial charge in [0.05, 0.1) is 0 Å². The van der Waals surface area contributed by atoms with Gasteiger partial charge in [0.25, 0.3) is 17.7 Å². The van der Waals surface area contributed by atoms with Crippen molar-refractivity contribution < 1.29 is 33.3 Å². The molecular formula is C43H47N3O7. The van der Waals surface area contributed by atoms with Crippen LogP contribution in [0.4, 0.5) is 0 Å². The molecular weight excluding hydrogens is 670 g/mol. The second-order valence-corrected chi connectivity index (χ2v) is 13.6. The Morgan fingerprint density at radius 2 is 0.698 bits per heavy atom. The summed E-state index contributed by atoms with van der Waals surface area (Å²) in [5, 5.41) is 0. The first kappa shape index (κ1) is 38.3. The number of carbonyl (C=O) groups is 3. The lowest BCUT2D eigenvalue weighted by Gasteiger charge is -2.23. The van der Waals surface area contributed by atoms with Crippen LogP contribution in [0.25, 0.3) is 0 Å². The molecule has 10 nitrogen and oxygen atoms in total. The molecule has 0 aliphatic heterocycles. The molecule has 4 aromatic carbocycles. The van der Waals surface area contributed by atoms with E-state index < -0.39 is 0 Å². The van der Waals surface area contributed by atoms with Gasteiger partial charge >= 0.3 is 0 Å². The van der Waals surface area contributed by atoms with E-state index in [1.54, 1.807) is 42.3 Å². The Morgan fingerprint density at radius 3 is 0.906 bits per heavy atom. The zero-order chi connectivity index (χ0) is 38.1. The first-order valence-electron chi connectivity index (χ1n) is 17.4. The summed E-state index contributed by atoms with van der Waals surface area (Å²) in [6.45, 7) is -0.384. The molecule has 4 aromatic rings. The first-order valence-corrected chi connectivity index (χ1v) is 17.4. The summed E-state index contributed by atoms with van der Waals surface area (Å²) in [5.41, 5.74) is 6.86. The molecule has 0 N–H and O–H groups in total. The molecule has 53 heavy (non-hydrogen) atoms. The van der Waals surface area contributed by atoms with Gasteiger partial charge in [-0.2, -0.15) is 0 Å². The lowest BCUT2D eigenvalue weighted by Crippen LogP contribution is -2.28. The number of benzene rings is 4. The molecule has 0 fully saturated rings. The molecule has 10 heteroatoms. The van der Waals surface area contributed by atoms with E-state index in [4.69, 9.17) is 25.4 Å².